The first-order valence-electron chi connectivity index (χ1n) is 11.9. The van der Waals surface area contributed by atoms with Gasteiger partial charge in [-0.2, -0.15) is 0 Å². The van der Waals surface area contributed by atoms with E-state index in [1.165, 1.54) is 11.1 Å². The second-order valence-electron chi connectivity index (χ2n) is 9.40. The molecule has 1 amide bonds. The lowest BCUT2D eigenvalue weighted by Gasteiger charge is -2.24. The number of nitrogens with zero attached hydrogens (tertiary/aromatic N) is 1. The number of ether oxygens (including phenoxy) is 1. The van der Waals surface area contributed by atoms with Gasteiger partial charge in [0, 0.05) is 36.5 Å². The van der Waals surface area contributed by atoms with Crippen molar-refractivity contribution in [2.75, 3.05) is 6.54 Å². The molecule has 0 fully saturated rings. The number of benzene rings is 3. The molecule has 3 aromatic carbocycles. The quantitative estimate of drug-likeness (QED) is 0.401. The highest BCUT2D eigenvalue weighted by atomic mass is 35.5. The van der Waals surface area contributed by atoms with Crippen LogP contribution in [0.2, 0.25) is 5.02 Å². The third-order valence-corrected chi connectivity index (χ3v) is 6.62. The van der Waals surface area contributed by atoms with Gasteiger partial charge in [0.2, 0.25) is 0 Å². The van der Waals surface area contributed by atoms with Gasteiger partial charge in [-0.05, 0) is 65.9 Å². The number of hydrogen-bond donors (Lipinski definition) is 1. The Morgan fingerprint density at radius 3 is 2.46 bits per heavy atom. The van der Waals surface area contributed by atoms with Crippen molar-refractivity contribution in [3.8, 4) is 5.75 Å². The zero-order valence-electron chi connectivity index (χ0n) is 20.1. The lowest BCUT2D eigenvalue weighted by atomic mass is 9.91. The van der Waals surface area contributed by atoms with E-state index in [1.54, 1.807) is 23.1 Å². The Labute approximate surface area is 211 Å². The molecule has 3 aromatic rings. The van der Waals surface area contributed by atoms with Gasteiger partial charge >= 0.3 is 5.97 Å². The highest BCUT2D eigenvalue weighted by Crippen LogP contribution is 2.37. The van der Waals surface area contributed by atoms with Crippen molar-refractivity contribution < 1.29 is 19.4 Å². The number of carbonyl (C=O) groups is 2. The largest absolute Gasteiger partial charge is 0.487 e. The molecular formula is C29H30ClNO4. The van der Waals surface area contributed by atoms with E-state index in [0.29, 0.717) is 17.0 Å². The van der Waals surface area contributed by atoms with Crippen molar-refractivity contribution in [1.82, 2.24) is 4.90 Å². The molecule has 1 aliphatic heterocycles. The monoisotopic (exact) mass is 491 g/mol. The predicted molar refractivity (Wildman–Crippen MR) is 137 cm³/mol. The topological polar surface area (TPSA) is 66.8 Å². The summed E-state index contributed by atoms with van der Waals surface area (Å²) in [5.74, 6) is -0.363. The van der Waals surface area contributed by atoms with E-state index < -0.39 is 5.97 Å². The first-order chi connectivity index (χ1) is 16.7. The molecule has 35 heavy (non-hydrogen) atoms. The van der Waals surface area contributed by atoms with Gasteiger partial charge < -0.3 is 14.7 Å². The summed E-state index contributed by atoms with van der Waals surface area (Å²) < 4.78 is 6.32. The Morgan fingerprint density at radius 1 is 1.03 bits per heavy atom. The lowest BCUT2D eigenvalue weighted by molar-refractivity contribution is -0.137. The molecule has 1 aliphatic rings. The third-order valence-electron chi connectivity index (χ3n) is 6.38. The molecule has 1 atom stereocenters. The van der Waals surface area contributed by atoms with Crippen LogP contribution in [0.3, 0.4) is 0 Å². The number of carboxylic acids is 1. The molecule has 0 bridgehead atoms. The van der Waals surface area contributed by atoms with Gasteiger partial charge in [-0.1, -0.05) is 54.9 Å². The minimum Gasteiger partial charge on any atom is -0.487 e. The SMILES string of the molecule is CCc1ccc(CC2(C)Cc3cc(C(=O)N(CCC(=O)O)Cc4cccc(Cl)c4)ccc3O2)cc1. The van der Waals surface area contributed by atoms with Crippen LogP contribution in [0.4, 0.5) is 0 Å². The molecule has 0 saturated carbocycles. The van der Waals surface area contributed by atoms with Crippen LogP contribution in [0.15, 0.2) is 66.7 Å². The first kappa shape index (κ1) is 24.8. The molecule has 1 heterocycles. The molecule has 1 N–H and O–H groups in total. The Morgan fingerprint density at radius 2 is 1.77 bits per heavy atom. The minimum absolute atomic E-state index is 0.111. The maximum atomic E-state index is 13.4. The van der Waals surface area contributed by atoms with Gasteiger partial charge in [-0.3, -0.25) is 9.59 Å². The molecule has 0 radical (unpaired) electrons. The average Bonchev–Trinajstić information content (AvgIpc) is 3.16. The van der Waals surface area contributed by atoms with E-state index >= 15 is 0 Å². The number of carboxylic acid groups (broad SMARTS) is 1. The summed E-state index contributed by atoms with van der Waals surface area (Å²) in [6.07, 6.45) is 2.35. The Kier molecular flexibility index (Phi) is 7.46. The van der Waals surface area contributed by atoms with E-state index in [1.807, 2.05) is 24.3 Å². The second-order valence-corrected chi connectivity index (χ2v) is 9.83. The molecule has 5 nitrogen and oxygen atoms in total. The highest BCUT2D eigenvalue weighted by molar-refractivity contribution is 6.30. The van der Waals surface area contributed by atoms with Crippen molar-refractivity contribution in [2.45, 2.75) is 51.7 Å². The van der Waals surface area contributed by atoms with Gasteiger partial charge in [-0.25, -0.2) is 0 Å². The maximum absolute atomic E-state index is 13.4. The zero-order chi connectivity index (χ0) is 25.0. The summed E-state index contributed by atoms with van der Waals surface area (Å²) in [6, 6.07) is 21.4. The average molecular weight is 492 g/mol. The lowest BCUT2D eigenvalue weighted by Crippen LogP contribution is -2.33. The van der Waals surface area contributed by atoms with Crippen LogP contribution in [0, 0.1) is 0 Å². The molecule has 182 valence electrons. The summed E-state index contributed by atoms with van der Waals surface area (Å²) in [4.78, 5) is 26.2. The number of halogens is 1. The first-order valence-corrected chi connectivity index (χ1v) is 12.3. The number of amides is 1. The molecule has 0 aromatic heterocycles. The fourth-order valence-corrected chi connectivity index (χ4v) is 4.81. The summed E-state index contributed by atoms with van der Waals surface area (Å²) in [7, 11) is 0. The molecule has 1 unspecified atom stereocenters. The number of hydrogen-bond acceptors (Lipinski definition) is 3. The number of aliphatic carboxylic acids is 1. The number of carbonyl (C=O) groups excluding carboxylic acids is 1. The van der Waals surface area contributed by atoms with Crippen molar-refractivity contribution in [1.29, 1.82) is 0 Å². The zero-order valence-corrected chi connectivity index (χ0v) is 20.8. The normalized spacial score (nSPS) is 16.4. The molecule has 6 heteroatoms. The van der Waals surface area contributed by atoms with Gasteiger partial charge in [-0.15, -0.1) is 0 Å². The molecule has 0 aliphatic carbocycles. The third kappa shape index (κ3) is 6.23. The molecule has 4 rings (SSSR count). The second kappa shape index (κ2) is 10.5. The van der Waals surface area contributed by atoms with E-state index in [4.69, 9.17) is 16.3 Å². The van der Waals surface area contributed by atoms with E-state index in [2.05, 4.69) is 38.1 Å². The van der Waals surface area contributed by atoms with Gasteiger partial charge in [0.25, 0.3) is 5.91 Å². The van der Waals surface area contributed by atoms with E-state index in [9.17, 15) is 14.7 Å². The van der Waals surface area contributed by atoms with E-state index in [-0.39, 0.29) is 31.0 Å². The van der Waals surface area contributed by atoms with Crippen molar-refractivity contribution in [3.63, 3.8) is 0 Å². The standard InChI is InChI=1S/C29H30ClNO4/c1-3-20-7-9-21(10-8-20)17-29(2)18-24-16-23(11-12-26(24)35-29)28(34)31(14-13-27(32)33)19-22-5-4-6-25(30)15-22/h4-12,15-16H,3,13-14,17-19H2,1-2H3,(H,32,33). The van der Waals surface area contributed by atoms with Crippen molar-refractivity contribution in [3.05, 3.63) is 99.6 Å². The highest BCUT2D eigenvalue weighted by Gasteiger charge is 2.35. The van der Waals surface area contributed by atoms with Crippen LogP contribution in [0.1, 0.15) is 52.9 Å². The van der Waals surface area contributed by atoms with Gasteiger partial charge in [0.1, 0.15) is 11.4 Å². The smallest absolute Gasteiger partial charge is 0.305 e. The van der Waals surface area contributed by atoms with Crippen LogP contribution >= 0.6 is 11.6 Å². The van der Waals surface area contributed by atoms with Gasteiger partial charge in [0.05, 0.1) is 6.42 Å². The maximum Gasteiger partial charge on any atom is 0.305 e. The van der Waals surface area contributed by atoms with Crippen LogP contribution in [-0.4, -0.2) is 34.0 Å². The van der Waals surface area contributed by atoms with Crippen LogP contribution in [-0.2, 0) is 30.6 Å². The fraction of sp³-hybridized carbons (Fsp3) is 0.310. The Balaban J connectivity index is 1.51. The van der Waals surface area contributed by atoms with Gasteiger partial charge in [0.15, 0.2) is 0 Å². The number of rotatable bonds is 9. The number of aryl methyl sites for hydroxylation is 1. The molecule has 0 spiro atoms. The fourth-order valence-electron chi connectivity index (χ4n) is 4.60. The minimum atomic E-state index is -0.945. The summed E-state index contributed by atoms with van der Waals surface area (Å²) in [5.41, 5.74) is 4.50. The van der Waals surface area contributed by atoms with E-state index in [0.717, 1.165) is 29.7 Å². The van der Waals surface area contributed by atoms with Crippen LogP contribution in [0.5, 0.6) is 5.75 Å². The molecule has 0 saturated heterocycles. The van der Waals surface area contributed by atoms with Crippen LogP contribution < -0.4 is 4.74 Å². The summed E-state index contributed by atoms with van der Waals surface area (Å²) in [5, 5.41) is 9.76. The molecular weight excluding hydrogens is 462 g/mol. The summed E-state index contributed by atoms with van der Waals surface area (Å²) in [6.45, 7) is 4.63. The number of fused-ring (bicyclic) bond motifs is 1. The van der Waals surface area contributed by atoms with Crippen molar-refractivity contribution in [2.24, 2.45) is 0 Å². The Hall–Kier alpha value is -3.31. The Bertz CT molecular complexity index is 1220. The summed E-state index contributed by atoms with van der Waals surface area (Å²) >= 11 is 6.10. The predicted octanol–water partition coefficient (Wildman–Crippen LogP) is 5.96. The van der Waals surface area contributed by atoms with Crippen LogP contribution in [0.25, 0.3) is 0 Å². The van der Waals surface area contributed by atoms with Crippen molar-refractivity contribution >= 4 is 23.5 Å².